The van der Waals surface area contributed by atoms with Crippen molar-refractivity contribution in [2.24, 2.45) is 5.92 Å². The lowest BCUT2D eigenvalue weighted by Crippen LogP contribution is -2.57. The Morgan fingerprint density at radius 3 is 3.05 bits per heavy atom. The molecule has 2 nitrogen and oxygen atoms in total. The lowest BCUT2D eigenvalue weighted by atomic mass is 9.59. The Morgan fingerprint density at radius 2 is 2.32 bits per heavy atom. The molecule has 3 rings (SSSR count). The highest BCUT2D eigenvalue weighted by atomic mass is 16.3. The van der Waals surface area contributed by atoms with Gasteiger partial charge in [-0.25, -0.2) is 0 Å². The zero-order valence-corrected chi connectivity index (χ0v) is 11.9. The maximum absolute atomic E-state index is 9.80. The van der Waals surface area contributed by atoms with E-state index in [1.54, 1.807) is 0 Å². The first kappa shape index (κ1) is 12.7. The van der Waals surface area contributed by atoms with E-state index in [0.29, 0.717) is 17.7 Å². The zero-order valence-electron chi connectivity index (χ0n) is 11.9. The van der Waals surface area contributed by atoms with Gasteiger partial charge in [-0.3, -0.25) is 4.90 Å². The lowest BCUT2D eigenvalue weighted by Gasteiger charge is -2.54. The first-order chi connectivity index (χ1) is 9.06. The first-order valence-electron chi connectivity index (χ1n) is 7.23. The number of benzene rings is 1. The van der Waals surface area contributed by atoms with Crippen LogP contribution in [0.4, 0.5) is 0 Å². The highest BCUT2D eigenvalue weighted by Gasteiger charge is 2.48. The molecule has 1 aliphatic carbocycles. The smallest absolute Gasteiger partial charge is 0.115 e. The average Bonchev–Trinajstić information content (AvgIpc) is 2.38. The Bertz CT molecular complexity index is 510. The molecule has 1 aliphatic heterocycles. The van der Waals surface area contributed by atoms with Crippen LogP contribution in [-0.2, 0) is 11.8 Å². The largest absolute Gasteiger partial charge is 0.508 e. The third-order valence-corrected chi connectivity index (χ3v) is 5.47. The highest BCUT2D eigenvalue weighted by Crippen LogP contribution is 2.49. The number of aromatic hydroxyl groups is 1. The van der Waals surface area contributed by atoms with Crippen molar-refractivity contribution in [3.8, 4) is 5.75 Å². The molecule has 0 radical (unpaired) electrons. The molecular weight excluding hydrogens is 234 g/mol. The van der Waals surface area contributed by atoms with Gasteiger partial charge in [0.2, 0.25) is 0 Å². The van der Waals surface area contributed by atoms with E-state index in [4.69, 9.17) is 0 Å². The normalized spacial score (nSPS) is 33.8. The van der Waals surface area contributed by atoms with Crippen molar-refractivity contribution in [3.05, 3.63) is 42.0 Å². The fraction of sp³-hybridized carbons (Fsp3) is 0.529. The summed E-state index contributed by atoms with van der Waals surface area (Å²) in [5.41, 5.74) is 2.99. The predicted molar refractivity (Wildman–Crippen MR) is 78.5 cm³/mol. The van der Waals surface area contributed by atoms with E-state index in [2.05, 4.69) is 31.4 Å². The van der Waals surface area contributed by atoms with Gasteiger partial charge in [0.15, 0.2) is 0 Å². The summed E-state index contributed by atoms with van der Waals surface area (Å²) in [5.74, 6) is 1.02. The molecule has 2 heteroatoms. The van der Waals surface area contributed by atoms with Gasteiger partial charge in [-0.2, -0.15) is 0 Å². The second-order valence-corrected chi connectivity index (χ2v) is 6.35. The van der Waals surface area contributed by atoms with E-state index in [1.807, 2.05) is 18.2 Å². The van der Waals surface area contributed by atoms with Crippen molar-refractivity contribution in [2.45, 2.75) is 38.1 Å². The molecule has 0 saturated carbocycles. The van der Waals surface area contributed by atoms with E-state index in [9.17, 15) is 5.11 Å². The quantitative estimate of drug-likeness (QED) is 0.823. The predicted octanol–water partition coefficient (Wildman–Crippen LogP) is 3.10. The van der Waals surface area contributed by atoms with Crippen molar-refractivity contribution in [1.29, 1.82) is 0 Å². The summed E-state index contributed by atoms with van der Waals surface area (Å²) in [5, 5.41) is 9.80. The Morgan fingerprint density at radius 1 is 1.53 bits per heavy atom. The molecule has 1 saturated heterocycles. The van der Waals surface area contributed by atoms with Gasteiger partial charge in [0.25, 0.3) is 0 Å². The minimum atomic E-state index is 0.203. The number of fused-ring (bicyclic) bond motifs is 4. The fourth-order valence-electron chi connectivity index (χ4n) is 4.09. The van der Waals surface area contributed by atoms with Crippen LogP contribution in [0.1, 0.15) is 31.4 Å². The molecule has 1 fully saturated rings. The fourth-order valence-corrected chi connectivity index (χ4v) is 4.09. The number of phenols is 1. The van der Waals surface area contributed by atoms with Crippen LogP contribution in [0, 0.1) is 5.92 Å². The van der Waals surface area contributed by atoms with Gasteiger partial charge in [-0.1, -0.05) is 26.0 Å². The van der Waals surface area contributed by atoms with Crippen molar-refractivity contribution in [2.75, 3.05) is 13.1 Å². The van der Waals surface area contributed by atoms with Gasteiger partial charge in [-0.05, 0) is 54.0 Å². The zero-order chi connectivity index (χ0) is 13.6. The van der Waals surface area contributed by atoms with Crippen LogP contribution in [0.2, 0.25) is 0 Å². The van der Waals surface area contributed by atoms with E-state index in [-0.39, 0.29) is 5.41 Å². The summed E-state index contributed by atoms with van der Waals surface area (Å²) in [7, 11) is 0. The molecule has 3 atom stereocenters. The van der Waals surface area contributed by atoms with Gasteiger partial charge < -0.3 is 5.11 Å². The Labute approximate surface area is 115 Å². The second-order valence-electron chi connectivity index (χ2n) is 6.35. The van der Waals surface area contributed by atoms with E-state index in [1.165, 1.54) is 11.1 Å². The lowest BCUT2D eigenvalue weighted by molar-refractivity contribution is 0.0398. The van der Waals surface area contributed by atoms with Crippen molar-refractivity contribution < 1.29 is 5.11 Å². The number of hydrogen-bond donors (Lipinski definition) is 1. The van der Waals surface area contributed by atoms with Crippen LogP contribution in [0.5, 0.6) is 5.75 Å². The molecule has 0 spiro atoms. The van der Waals surface area contributed by atoms with Gasteiger partial charge in [0, 0.05) is 12.6 Å². The van der Waals surface area contributed by atoms with Gasteiger partial charge in [-0.15, -0.1) is 6.58 Å². The van der Waals surface area contributed by atoms with Crippen LogP contribution < -0.4 is 0 Å². The molecule has 2 unspecified atom stereocenters. The second kappa shape index (κ2) is 4.38. The van der Waals surface area contributed by atoms with Crippen LogP contribution in [-0.4, -0.2) is 29.1 Å². The molecule has 102 valence electrons. The summed E-state index contributed by atoms with van der Waals surface area (Å²) in [6.45, 7) is 10.7. The number of piperidine rings is 1. The SMILES string of the molecule is C=CCN1CCC2(C)c3cc(O)ccc3CC1[C@@H]2C. The summed E-state index contributed by atoms with van der Waals surface area (Å²) in [6.07, 6.45) is 4.27. The summed E-state index contributed by atoms with van der Waals surface area (Å²) in [6, 6.07) is 6.53. The standard InChI is InChI=1S/C17H23NO/c1-4-8-18-9-7-17(3)12(2)16(18)10-13-5-6-14(19)11-15(13)17/h4-6,11-12,16,19H,1,7-10H2,2-3H3/t12-,16?,17?/m0/s1. The number of phenolic OH excluding ortho intramolecular Hbond substituents is 1. The van der Waals surface area contributed by atoms with Crippen molar-refractivity contribution in [3.63, 3.8) is 0 Å². The molecule has 2 bridgehead atoms. The molecule has 1 aromatic carbocycles. The Balaban J connectivity index is 2.06. The third kappa shape index (κ3) is 1.81. The maximum atomic E-state index is 9.80. The number of likely N-dealkylation sites (tertiary alicyclic amines) is 1. The summed E-state index contributed by atoms with van der Waals surface area (Å²) >= 11 is 0. The monoisotopic (exact) mass is 257 g/mol. The highest BCUT2D eigenvalue weighted by molar-refractivity contribution is 5.44. The Kier molecular flexibility index (Phi) is 2.94. The topological polar surface area (TPSA) is 23.5 Å². The van der Waals surface area contributed by atoms with E-state index in [0.717, 1.165) is 25.9 Å². The molecule has 0 amide bonds. The van der Waals surface area contributed by atoms with Crippen LogP contribution >= 0.6 is 0 Å². The van der Waals surface area contributed by atoms with Crippen LogP contribution in [0.3, 0.4) is 0 Å². The number of rotatable bonds is 2. The summed E-state index contributed by atoms with van der Waals surface area (Å²) < 4.78 is 0. The molecule has 1 aromatic rings. The van der Waals surface area contributed by atoms with Gasteiger partial charge in [0.05, 0.1) is 0 Å². The Hall–Kier alpha value is -1.28. The number of nitrogens with zero attached hydrogens (tertiary/aromatic N) is 1. The maximum Gasteiger partial charge on any atom is 0.115 e. The minimum absolute atomic E-state index is 0.203. The molecule has 0 aromatic heterocycles. The number of hydrogen-bond acceptors (Lipinski definition) is 2. The molecule has 1 N–H and O–H groups in total. The van der Waals surface area contributed by atoms with E-state index >= 15 is 0 Å². The molecule has 19 heavy (non-hydrogen) atoms. The molecule has 2 aliphatic rings. The first-order valence-corrected chi connectivity index (χ1v) is 7.23. The molecular formula is C17H23NO. The van der Waals surface area contributed by atoms with Crippen molar-refractivity contribution in [1.82, 2.24) is 4.90 Å². The molecule has 1 heterocycles. The van der Waals surface area contributed by atoms with Crippen LogP contribution in [0.15, 0.2) is 30.9 Å². The van der Waals surface area contributed by atoms with E-state index < -0.39 is 0 Å². The third-order valence-electron chi connectivity index (χ3n) is 5.47. The van der Waals surface area contributed by atoms with Crippen LogP contribution in [0.25, 0.3) is 0 Å². The van der Waals surface area contributed by atoms with Gasteiger partial charge in [0.1, 0.15) is 5.75 Å². The summed E-state index contributed by atoms with van der Waals surface area (Å²) in [4.78, 5) is 2.56. The minimum Gasteiger partial charge on any atom is -0.508 e. The average molecular weight is 257 g/mol. The van der Waals surface area contributed by atoms with Gasteiger partial charge >= 0.3 is 0 Å². The van der Waals surface area contributed by atoms with Crippen molar-refractivity contribution >= 4 is 0 Å².